The molecule has 2 atom stereocenters. The molecular formula is C13H19Cl2N3. The third kappa shape index (κ3) is 3.21. The first kappa shape index (κ1) is 13.8. The standard InChI is InChI=1S/C13H19Cl2N3/c1-8-4-3-5-9(6-8)17-13-11(15)7-10(14)12(16-2)18-13/h7-9H,3-6H2,1-2H3,(H2,16,17,18). The number of hydrogen-bond acceptors (Lipinski definition) is 3. The fourth-order valence-electron chi connectivity index (χ4n) is 2.50. The molecule has 3 nitrogen and oxygen atoms in total. The lowest BCUT2D eigenvalue weighted by atomic mass is 9.87. The molecule has 0 saturated heterocycles. The van der Waals surface area contributed by atoms with Crippen molar-refractivity contribution in [3.63, 3.8) is 0 Å². The predicted molar refractivity (Wildman–Crippen MR) is 78.8 cm³/mol. The fourth-order valence-corrected chi connectivity index (χ4v) is 3.01. The van der Waals surface area contributed by atoms with Gasteiger partial charge < -0.3 is 10.6 Å². The number of rotatable bonds is 3. The van der Waals surface area contributed by atoms with Gasteiger partial charge in [-0.2, -0.15) is 0 Å². The Bertz CT molecular complexity index is 423. The van der Waals surface area contributed by atoms with E-state index in [1.807, 2.05) is 0 Å². The maximum absolute atomic E-state index is 6.18. The summed E-state index contributed by atoms with van der Waals surface area (Å²) in [6.45, 7) is 2.30. The van der Waals surface area contributed by atoms with Gasteiger partial charge in [-0.3, -0.25) is 0 Å². The van der Waals surface area contributed by atoms with Crippen molar-refractivity contribution in [2.45, 2.75) is 38.6 Å². The van der Waals surface area contributed by atoms with Crippen LogP contribution in [0.15, 0.2) is 6.07 Å². The summed E-state index contributed by atoms with van der Waals surface area (Å²) in [5.41, 5.74) is 0. The highest BCUT2D eigenvalue weighted by Gasteiger charge is 2.20. The van der Waals surface area contributed by atoms with Crippen LogP contribution < -0.4 is 10.6 Å². The van der Waals surface area contributed by atoms with Crippen LogP contribution in [-0.4, -0.2) is 18.1 Å². The Balaban J connectivity index is 2.13. The average molecular weight is 288 g/mol. The third-order valence-corrected chi connectivity index (χ3v) is 4.02. The molecule has 2 N–H and O–H groups in total. The van der Waals surface area contributed by atoms with E-state index in [1.54, 1.807) is 13.1 Å². The van der Waals surface area contributed by atoms with Crippen molar-refractivity contribution >= 4 is 34.8 Å². The minimum absolute atomic E-state index is 0.463. The van der Waals surface area contributed by atoms with E-state index in [0.29, 0.717) is 21.9 Å². The van der Waals surface area contributed by atoms with Crippen molar-refractivity contribution in [2.75, 3.05) is 17.7 Å². The van der Waals surface area contributed by atoms with E-state index in [1.165, 1.54) is 25.7 Å². The van der Waals surface area contributed by atoms with Gasteiger partial charge in [-0.1, -0.05) is 43.0 Å². The number of anilines is 2. The summed E-state index contributed by atoms with van der Waals surface area (Å²) in [5.74, 6) is 2.16. The maximum Gasteiger partial charge on any atom is 0.147 e. The van der Waals surface area contributed by atoms with E-state index in [-0.39, 0.29) is 0 Å². The van der Waals surface area contributed by atoms with Gasteiger partial charge in [0.2, 0.25) is 0 Å². The molecule has 2 rings (SSSR count). The molecule has 0 aromatic carbocycles. The van der Waals surface area contributed by atoms with Gasteiger partial charge in [-0.15, -0.1) is 0 Å². The summed E-state index contributed by atoms with van der Waals surface area (Å²) < 4.78 is 0. The van der Waals surface area contributed by atoms with Crippen molar-refractivity contribution in [3.8, 4) is 0 Å². The fraction of sp³-hybridized carbons (Fsp3) is 0.615. The van der Waals surface area contributed by atoms with E-state index in [9.17, 15) is 0 Å². The average Bonchev–Trinajstić information content (AvgIpc) is 2.33. The lowest BCUT2D eigenvalue weighted by Gasteiger charge is -2.28. The smallest absolute Gasteiger partial charge is 0.147 e. The highest BCUT2D eigenvalue weighted by molar-refractivity contribution is 6.37. The van der Waals surface area contributed by atoms with Gasteiger partial charge in [0, 0.05) is 13.1 Å². The number of halogens is 2. The summed E-state index contributed by atoms with van der Waals surface area (Å²) in [4.78, 5) is 4.42. The van der Waals surface area contributed by atoms with Crippen LogP contribution in [0.25, 0.3) is 0 Å². The minimum atomic E-state index is 0.463. The molecule has 1 aliphatic carbocycles. The SMILES string of the molecule is CNc1nc(NC2CCCC(C)C2)c(Cl)cc1Cl. The Labute approximate surface area is 118 Å². The quantitative estimate of drug-likeness (QED) is 0.864. The van der Waals surface area contributed by atoms with Crippen LogP contribution in [0, 0.1) is 5.92 Å². The number of aromatic nitrogens is 1. The molecule has 0 aliphatic heterocycles. The molecule has 1 aromatic rings. The second-order valence-corrected chi connectivity index (χ2v) is 5.83. The normalized spacial score (nSPS) is 23.8. The van der Waals surface area contributed by atoms with Gasteiger partial charge in [0.1, 0.15) is 11.6 Å². The van der Waals surface area contributed by atoms with E-state index in [2.05, 4.69) is 22.5 Å². The molecule has 1 heterocycles. The summed E-state index contributed by atoms with van der Waals surface area (Å²) in [5, 5.41) is 7.53. The second kappa shape index (κ2) is 5.98. The zero-order valence-corrected chi connectivity index (χ0v) is 12.3. The monoisotopic (exact) mass is 287 g/mol. The van der Waals surface area contributed by atoms with Crippen molar-refractivity contribution in [3.05, 3.63) is 16.1 Å². The van der Waals surface area contributed by atoms with Gasteiger partial charge in [-0.25, -0.2) is 4.98 Å². The van der Waals surface area contributed by atoms with E-state index >= 15 is 0 Å². The topological polar surface area (TPSA) is 37.0 Å². The highest BCUT2D eigenvalue weighted by atomic mass is 35.5. The van der Waals surface area contributed by atoms with Crippen molar-refractivity contribution in [2.24, 2.45) is 5.92 Å². The Morgan fingerprint density at radius 2 is 1.94 bits per heavy atom. The van der Waals surface area contributed by atoms with Gasteiger partial charge in [0.15, 0.2) is 0 Å². The second-order valence-electron chi connectivity index (χ2n) is 5.01. The van der Waals surface area contributed by atoms with E-state index in [4.69, 9.17) is 23.2 Å². The van der Waals surface area contributed by atoms with Gasteiger partial charge >= 0.3 is 0 Å². The van der Waals surface area contributed by atoms with E-state index in [0.717, 1.165) is 11.7 Å². The Morgan fingerprint density at radius 1 is 1.22 bits per heavy atom. The molecule has 0 bridgehead atoms. The van der Waals surface area contributed by atoms with Crippen LogP contribution in [0.4, 0.5) is 11.6 Å². The number of hydrogen-bond donors (Lipinski definition) is 2. The molecular weight excluding hydrogens is 269 g/mol. The van der Waals surface area contributed by atoms with Gasteiger partial charge in [-0.05, 0) is 24.8 Å². The Morgan fingerprint density at radius 3 is 2.61 bits per heavy atom. The molecule has 0 radical (unpaired) electrons. The molecule has 1 saturated carbocycles. The van der Waals surface area contributed by atoms with Gasteiger partial charge in [0.05, 0.1) is 10.0 Å². The van der Waals surface area contributed by atoms with Crippen molar-refractivity contribution in [1.82, 2.24) is 4.98 Å². The summed E-state index contributed by atoms with van der Waals surface area (Å²) in [6.07, 6.45) is 4.94. The molecule has 100 valence electrons. The zero-order valence-electron chi connectivity index (χ0n) is 10.8. The minimum Gasteiger partial charge on any atom is -0.372 e. The first-order chi connectivity index (χ1) is 8.60. The Kier molecular flexibility index (Phi) is 4.57. The predicted octanol–water partition coefficient (Wildman–Crippen LogP) is 4.42. The van der Waals surface area contributed by atoms with Gasteiger partial charge in [0.25, 0.3) is 0 Å². The zero-order chi connectivity index (χ0) is 13.1. The molecule has 0 amide bonds. The highest BCUT2D eigenvalue weighted by Crippen LogP contribution is 2.32. The maximum atomic E-state index is 6.18. The summed E-state index contributed by atoms with van der Waals surface area (Å²) in [6, 6.07) is 2.20. The van der Waals surface area contributed by atoms with Crippen LogP contribution in [0.5, 0.6) is 0 Å². The number of nitrogens with zero attached hydrogens (tertiary/aromatic N) is 1. The van der Waals surface area contributed by atoms with Crippen molar-refractivity contribution < 1.29 is 0 Å². The number of nitrogens with one attached hydrogen (secondary N) is 2. The molecule has 5 heteroatoms. The first-order valence-electron chi connectivity index (χ1n) is 6.40. The molecule has 1 aromatic heterocycles. The van der Waals surface area contributed by atoms with Crippen LogP contribution in [0.2, 0.25) is 10.0 Å². The Hall–Kier alpha value is -0.670. The lowest BCUT2D eigenvalue weighted by Crippen LogP contribution is -2.26. The number of pyridine rings is 1. The molecule has 1 aliphatic rings. The summed E-state index contributed by atoms with van der Waals surface area (Å²) in [7, 11) is 1.80. The largest absolute Gasteiger partial charge is 0.372 e. The van der Waals surface area contributed by atoms with E-state index < -0.39 is 0 Å². The molecule has 1 fully saturated rings. The third-order valence-electron chi connectivity index (χ3n) is 3.44. The first-order valence-corrected chi connectivity index (χ1v) is 7.16. The van der Waals surface area contributed by atoms with Crippen LogP contribution in [0.1, 0.15) is 32.6 Å². The van der Waals surface area contributed by atoms with Crippen molar-refractivity contribution in [1.29, 1.82) is 0 Å². The molecule has 2 unspecified atom stereocenters. The van der Waals surface area contributed by atoms with Crippen LogP contribution >= 0.6 is 23.2 Å². The lowest BCUT2D eigenvalue weighted by molar-refractivity contribution is 0.358. The van der Waals surface area contributed by atoms with Crippen LogP contribution in [-0.2, 0) is 0 Å². The van der Waals surface area contributed by atoms with Crippen LogP contribution in [0.3, 0.4) is 0 Å². The molecule has 0 spiro atoms. The molecule has 18 heavy (non-hydrogen) atoms. The summed E-state index contributed by atoms with van der Waals surface area (Å²) >= 11 is 12.2.